The summed E-state index contributed by atoms with van der Waals surface area (Å²) >= 11 is 1.36. The standard InChI is InChI=1S/C16H22N4O5S/c1-3-11-17-18-15(26-11)20-9-10(8-12(20)21)13(22)19-6-4-16(24,5-7-19)14(23)25-2/h10,24H,3-9H2,1-2H3. The molecule has 0 aromatic carbocycles. The van der Waals surface area contributed by atoms with Crippen LogP contribution < -0.4 is 4.90 Å². The summed E-state index contributed by atoms with van der Waals surface area (Å²) in [5.74, 6) is -1.38. The van der Waals surface area contributed by atoms with Gasteiger partial charge >= 0.3 is 5.97 Å². The predicted octanol–water partition coefficient (Wildman–Crippen LogP) is -0.0201. The van der Waals surface area contributed by atoms with Crippen molar-refractivity contribution in [3.63, 3.8) is 0 Å². The van der Waals surface area contributed by atoms with Gasteiger partial charge in [0, 0.05) is 38.9 Å². The summed E-state index contributed by atoms with van der Waals surface area (Å²) in [6.45, 7) is 2.77. The molecule has 2 aliphatic heterocycles. The van der Waals surface area contributed by atoms with Crippen molar-refractivity contribution >= 4 is 34.3 Å². The number of likely N-dealkylation sites (tertiary alicyclic amines) is 1. The van der Waals surface area contributed by atoms with Crippen LogP contribution in [-0.4, -0.2) is 70.3 Å². The number of ether oxygens (including phenoxy) is 1. The molecule has 2 saturated heterocycles. The monoisotopic (exact) mass is 382 g/mol. The second-order valence-electron chi connectivity index (χ2n) is 6.59. The zero-order chi connectivity index (χ0) is 18.9. The van der Waals surface area contributed by atoms with Gasteiger partial charge in [0.05, 0.1) is 13.0 Å². The highest BCUT2D eigenvalue weighted by Gasteiger charge is 2.44. The molecule has 1 N–H and O–H groups in total. The van der Waals surface area contributed by atoms with Crippen LogP contribution in [-0.2, 0) is 25.5 Å². The number of piperidine rings is 1. The van der Waals surface area contributed by atoms with Gasteiger partial charge in [-0.25, -0.2) is 4.79 Å². The lowest BCUT2D eigenvalue weighted by Crippen LogP contribution is -2.52. The van der Waals surface area contributed by atoms with E-state index in [1.54, 1.807) is 4.90 Å². The van der Waals surface area contributed by atoms with Crippen LogP contribution in [0, 0.1) is 5.92 Å². The van der Waals surface area contributed by atoms with Crippen LogP contribution in [0.15, 0.2) is 0 Å². The van der Waals surface area contributed by atoms with E-state index < -0.39 is 17.5 Å². The molecule has 10 heteroatoms. The predicted molar refractivity (Wildman–Crippen MR) is 92.5 cm³/mol. The highest BCUT2D eigenvalue weighted by molar-refractivity contribution is 7.15. The van der Waals surface area contributed by atoms with Crippen LogP contribution in [0.1, 0.15) is 31.2 Å². The Balaban J connectivity index is 1.61. The van der Waals surface area contributed by atoms with Crippen molar-refractivity contribution in [1.29, 1.82) is 0 Å². The lowest BCUT2D eigenvalue weighted by Gasteiger charge is -2.37. The van der Waals surface area contributed by atoms with Gasteiger partial charge in [-0.15, -0.1) is 10.2 Å². The Kier molecular flexibility index (Phi) is 5.24. The summed E-state index contributed by atoms with van der Waals surface area (Å²) in [6, 6.07) is 0. The van der Waals surface area contributed by atoms with E-state index in [1.807, 2.05) is 6.92 Å². The van der Waals surface area contributed by atoms with Crippen LogP contribution in [0.3, 0.4) is 0 Å². The number of aromatic nitrogens is 2. The van der Waals surface area contributed by atoms with Gasteiger partial charge in [-0.05, 0) is 6.42 Å². The third-order valence-electron chi connectivity index (χ3n) is 4.93. The second-order valence-corrected chi connectivity index (χ2v) is 7.63. The van der Waals surface area contributed by atoms with Gasteiger partial charge in [0.2, 0.25) is 16.9 Å². The van der Waals surface area contributed by atoms with Crippen LogP contribution in [0.25, 0.3) is 0 Å². The average molecular weight is 382 g/mol. The smallest absolute Gasteiger partial charge is 0.337 e. The maximum Gasteiger partial charge on any atom is 0.337 e. The van der Waals surface area contributed by atoms with E-state index in [0.717, 1.165) is 11.4 Å². The SMILES string of the molecule is CCc1nnc(N2CC(C(=O)N3CCC(O)(C(=O)OC)CC3)CC2=O)s1. The maximum absolute atomic E-state index is 12.8. The van der Waals surface area contributed by atoms with E-state index in [2.05, 4.69) is 14.9 Å². The molecule has 1 aromatic rings. The Morgan fingerprint density at radius 1 is 1.35 bits per heavy atom. The second kappa shape index (κ2) is 7.28. The van der Waals surface area contributed by atoms with Crippen LogP contribution in [0.2, 0.25) is 0 Å². The van der Waals surface area contributed by atoms with Gasteiger partial charge in [-0.1, -0.05) is 18.3 Å². The molecule has 26 heavy (non-hydrogen) atoms. The molecule has 0 bridgehead atoms. The molecule has 2 fully saturated rings. The van der Waals surface area contributed by atoms with Gasteiger partial charge in [0.15, 0.2) is 5.60 Å². The number of amides is 2. The number of hydrogen-bond acceptors (Lipinski definition) is 8. The first kappa shape index (κ1) is 18.7. The van der Waals surface area contributed by atoms with Crippen LogP contribution >= 0.6 is 11.3 Å². The van der Waals surface area contributed by atoms with Gasteiger partial charge in [-0.2, -0.15) is 0 Å². The third kappa shape index (κ3) is 3.43. The van der Waals surface area contributed by atoms with Crippen molar-refractivity contribution in [3.8, 4) is 0 Å². The van der Waals surface area contributed by atoms with Gasteiger partial charge in [-0.3, -0.25) is 14.5 Å². The van der Waals surface area contributed by atoms with Crippen molar-refractivity contribution in [3.05, 3.63) is 5.01 Å². The summed E-state index contributed by atoms with van der Waals surface area (Å²) in [4.78, 5) is 39.8. The molecule has 2 aliphatic rings. The van der Waals surface area contributed by atoms with E-state index in [9.17, 15) is 19.5 Å². The number of nitrogens with zero attached hydrogens (tertiary/aromatic N) is 4. The lowest BCUT2D eigenvalue weighted by molar-refractivity contribution is -0.169. The van der Waals surface area contributed by atoms with Crippen molar-refractivity contribution in [1.82, 2.24) is 15.1 Å². The summed E-state index contributed by atoms with van der Waals surface area (Å²) in [6.07, 6.45) is 1.15. The summed E-state index contributed by atoms with van der Waals surface area (Å²) in [5, 5.41) is 19.7. The van der Waals surface area contributed by atoms with Crippen LogP contribution in [0.5, 0.6) is 0 Å². The Labute approximate surface area is 154 Å². The summed E-state index contributed by atoms with van der Waals surface area (Å²) in [7, 11) is 1.23. The molecule has 0 saturated carbocycles. The minimum atomic E-state index is -1.54. The summed E-state index contributed by atoms with van der Waals surface area (Å²) in [5.41, 5.74) is -1.54. The van der Waals surface area contributed by atoms with Crippen molar-refractivity contribution in [2.24, 2.45) is 5.92 Å². The first-order valence-corrected chi connectivity index (χ1v) is 9.42. The number of anilines is 1. The minimum Gasteiger partial charge on any atom is -0.467 e. The quantitative estimate of drug-likeness (QED) is 0.728. The molecule has 1 aromatic heterocycles. The lowest BCUT2D eigenvalue weighted by atomic mass is 9.90. The van der Waals surface area contributed by atoms with Crippen molar-refractivity contribution < 1.29 is 24.2 Å². The molecule has 3 rings (SSSR count). The molecule has 0 radical (unpaired) electrons. The number of esters is 1. The number of methoxy groups -OCH3 is 1. The largest absolute Gasteiger partial charge is 0.467 e. The average Bonchev–Trinajstić information content (AvgIpc) is 3.27. The Bertz CT molecular complexity index is 713. The molecule has 0 aliphatic carbocycles. The number of carbonyl (C=O) groups is 3. The van der Waals surface area contributed by atoms with Crippen molar-refractivity contribution in [2.75, 3.05) is 31.6 Å². The number of carbonyl (C=O) groups excluding carboxylic acids is 3. The fourth-order valence-corrected chi connectivity index (χ4v) is 4.11. The zero-order valence-corrected chi connectivity index (χ0v) is 15.6. The Morgan fingerprint density at radius 3 is 2.62 bits per heavy atom. The molecule has 2 amide bonds. The van der Waals surface area contributed by atoms with E-state index in [-0.39, 0.29) is 50.7 Å². The molecule has 0 spiro atoms. The summed E-state index contributed by atoms with van der Waals surface area (Å²) < 4.78 is 4.62. The molecule has 142 valence electrons. The minimum absolute atomic E-state index is 0.131. The van der Waals surface area contributed by atoms with E-state index in [0.29, 0.717) is 5.13 Å². The molecule has 1 atom stereocenters. The number of hydrogen-bond donors (Lipinski definition) is 1. The number of rotatable bonds is 4. The van der Waals surface area contributed by atoms with Crippen LogP contribution in [0.4, 0.5) is 5.13 Å². The molecular weight excluding hydrogens is 360 g/mol. The van der Waals surface area contributed by atoms with Crippen molar-refractivity contribution in [2.45, 2.75) is 38.2 Å². The Hall–Kier alpha value is -2.07. The van der Waals surface area contributed by atoms with E-state index in [4.69, 9.17) is 0 Å². The number of aliphatic hydroxyl groups is 1. The third-order valence-corrected chi connectivity index (χ3v) is 6.02. The molecule has 9 nitrogen and oxygen atoms in total. The maximum atomic E-state index is 12.8. The highest BCUT2D eigenvalue weighted by atomic mass is 32.1. The first-order chi connectivity index (χ1) is 12.4. The van der Waals surface area contributed by atoms with E-state index in [1.165, 1.54) is 23.3 Å². The normalized spacial score (nSPS) is 22.6. The fraction of sp³-hybridized carbons (Fsp3) is 0.688. The van der Waals surface area contributed by atoms with E-state index >= 15 is 0 Å². The fourth-order valence-electron chi connectivity index (χ4n) is 3.30. The molecular formula is C16H22N4O5S. The Morgan fingerprint density at radius 2 is 2.04 bits per heavy atom. The molecule has 1 unspecified atom stereocenters. The first-order valence-electron chi connectivity index (χ1n) is 8.60. The van der Waals surface area contributed by atoms with Gasteiger partial charge in [0.25, 0.3) is 0 Å². The molecule has 3 heterocycles. The highest BCUT2D eigenvalue weighted by Crippen LogP contribution is 2.30. The zero-order valence-electron chi connectivity index (χ0n) is 14.8. The number of aryl methyl sites for hydroxylation is 1. The topological polar surface area (TPSA) is 113 Å². The van der Waals surface area contributed by atoms with Gasteiger partial charge in [0.1, 0.15) is 5.01 Å². The van der Waals surface area contributed by atoms with Gasteiger partial charge < -0.3 is 14.7 Å².